The van der Waals surface area contributed by atoms with Crippen LogP contribution in [0.5, 0.6) is 0 Å². The van der Waals surface area contributed by atoms with Crippen LogP contribution in [0.3, 0.4) is 0 Å². The van der Waals surface area contributed by atoms with Crippen molar-refractivity contribution in [1.82, 2.24) is 19.5 Å². The molecule has 3 rings (SSSR count). The topological polar surface area (TPSA) is 43.6 Å². The van der Waals surface area contributed by atoms with E-state index in [0.717, 1.165) is 24.4 Å². The van der Waals surface area contributed by atoms with Gasteiger partial charge < -0.3 is 4.57 Å². The second-order valence-electron chi connectivity index (χ2n) is 4.54. The molecule has 3 aromatic rings. The number of benzene rings is 1. The number of nitrogens with zero attached hydrogens (tertiary/aromatic N) is 4. The molecule has 20 heavy (non-hydrogen) atoms. The maximum atomic E-state index is 6.15. The van der Waals surface area contributed by atoms with E-state index in [4.69, 9.17) is 23.2 Å². The van der Waals surface area contributed by atoms with Crippen LogP contribution in [0.1, 0.15) is 11.5 Å². The highest BCUT2D eigenvalue weighted by Crippen LogP contribution is 2.26. The lowest BCUT2D eigenvalue weighted by Crippen LogP contribution is -2.02. The van der Waals surface area contributed by atoms with E-state index in [9.17, 15) is 0 Å². The van der Waals surface area contributed by atoms with Crippen LogP contribution in [0.15, 0.2) is 30.7 Å². The Morgan fingerprint density at radius 2 is 1.80 bits per heavy atom. The molecular weight excluding hydrogens is 295 g/mol. The number of aromatic nitrogens is 4. The Balaban J connectivity index is 1.90. The van der Waals surface area contributed by atoms with Crippen LogP contribution in [0.2, 0.25) is 10.0 Å². The summed E-state index contributed by atoms with van der Waals surface area (Å²) in [4.78, 5) is 13.2. The van der Waals surface area contributed by atoms with Crippen molar-refractivity contribution in [1.29, 1.82) is 0 Å². The highest BCUT2D eigenvalue weighted by Gasteiger charge is 2.08. The average Bonchev–Trinajstić information content (AvgIpc) is 2.86. The Morgan fingerprint density at radius 1 is 1.05 bits per heavy atom. The van der Waals surface area contributed by atoms with E-state index in [1.54, 1.807) is 24.5 Å². The molecule has 0 saturated carbocycles. The molecule has 0 radical (unpaired) electrons. The molecule has 0 N–H and O–H groups in total. The molecule has 0 spiro atoms. The molecule has 0 saturated heterocycles. The molecule has 0 aliphatic carbocycles. The fraction of sp³-hybridized carbons (Fsp3) is 0.214. The molecular formula is C14H12Cl2N4. The summed E-state index contributed by atoms with van der Waals surface area (Å²) < 4.78 is 2.00. The Hall–Kier alpha value is -1.65. The Bertz CT molecular complexity index is 767. The minimum absolute atomic E-state index is 0.563. The first kappa shape index (κ1) is 13.3. The van der Waals surface area contributed by atoms with E-state index in [1.807, 2.05) is 17.8 Å². The Morgan fingerprint density at radius 3 is 2.50 bits per heavy atom. The Kier molecular flexibility index (Phi) is 3.59. The van der Waals surface area contributed by atoms with Crippen molar-refractivity contribution >= 4 is 34.2 Å². The first-order valence-corrected chi connectivity index (χ1v) is 6.96. The van der Waals surface area contributed by atoms with Gasteiger partial charge in [-0.25, -0.2) is 9.97 Å². The third-order valence-corrected chi connectivity index (χ3v) is 3.79. The number of imidazole rings is 1. The molecule has 1 aromatic carbocycles. The molecule has 6 heteroatoms. The van der Waals surface area contributed by atoms with Crippen molar-refractivity contribution in [3.8, 4) is 0 Å². The van der Waals surface area contributed by atoms with Crippen LogP contribution < -0.4 is 0 Å². The Labute approximate surface area is 126 Å². The van der Waals surface area contributed by atoms with Gasteiger partial charge in [0.1, 0.15) is 16.9 Å². The van der Waals surface area contributed by atoms with E-state index < -0.39 is 0 Å². The van der Waals surface area contributed by atoms with Crippen molar-refractivity contribution in [2.45, 2.75) is 12.8 Å². The van der Waals surface area contributed by atoms with Crippen molar-refractivity contribution in [3.05, 3.63) is 52.3 Å². The fourth-order valence-corrected chi connectivity index (χ4v) is 2.46. The summed E-state index contributed by atoms with van der Waals surface area (Å²) in [7, 11) is 1.98. The summed E-state index contributed by atoms with van der Waals surface area (Å²) in [5.41, 5.74) is 2.17. The number of hydrogen-bond acceptors (Lipinski definition) is 3. The lowest BCUT2D eigenvalue weighted by atomic mass is 10.2. The highest BCUT2D eigenvalue weighted by atomic mass is 35.5. The summed E-state index contributed by atoms with van der Waals surface area (Å²) >= 11 is 12.2. The summed E-state index contributed by atoms with van der Waals surface area (Å²) in [6.07, 6.45) is 7.03. The van der Waals surface area contributed by atoms with Gasteiger partial charge in [-0.2, -0.15) is 0 Å². The van der Waals surface area contributed by atoms with Gasteiger partial charge in [-0.15, -0.1) is 0 Å². The molecule has 4 nitrogen and oxygen atoms in total. The summed E-state index contributed by atoms with van der Waals surface area (Å²) in [5, 5.41) is 1.13. The predicted octanol–water partition coefficient (Wildman–Crippen LogP) is 3.46. The molecule has 102 valence electrons. The van der Waals surface area contributed by atoms with Crippen LogP contribution in [0.25, 0.3) is 11.0 Å². The first-order chi connectivity index (χ1) is 9.65. The van der Waals surface area contributed by atoms with Gasteiger partial charge >= 0.3 is 0 Å². The zero-order valence-electron chi connectivity index (χ0n) is 10.8. The van der Waals surface area contributed by atoms with Gasteiger partial charge in [-0.05, 0) is 18.6 Å². The van der Waals surface area contributed by atoms with Gasteiger partial charge in [-0.3, -0.25) is 4.98 Å². The molecule has 0 atom stereocenters. The van der Waals surface area contributed by atoms with E-state index in [2.05, 4.69) is 15.0 Å². The summed E-state index contributed by atoms with van der Waals surface area (Å²) in [6, 6.07) is 3.47. The zero-order chi connectivity index (χ0) is 14.1. The molecule has 2 heterocycles. The smallest absolute Gasteiger partial charge is 0.109 e. The van der Waals surface area contributed by atoms with Crippen molar-refractivity contribution in [3.63, 3.8) is 0 Å². The zero-order valence-corrected chi connectivity index (χ0v) is 12.4. The summed E-state index contributed by atoms with van der Waals surface area (Å²) in [6.45, 7) is 0. The van der Waals surface area contributed by atoms with Crippen molar-refractivity contribution in [2.24, 2.45) is 7.05 Å². The van der Waals surface area contributed by atoms with Crippen LogP contribution in [0, 0.1) is 0 Å². The largest absolute Gasteiger partial charge is 0.338 e. The van der Waals surface area contributed by atoms with Gasteiger partial charge in [0, 0.05) is 32.1 Å². The minimum atomic E-state index is 0.563. The third-order valence-electron chi connectivity index (χ3n) is 3.18. The molecule has 0 aliphatic heterocycles. The van der Waals surface area contributed by atoms with E-state index >= 15 is 0 Å². The monoisotopic (exact) mass is 306 g/mol. The number of rotatable bonds is 3. The number of aryl methyl sites for hydroxylation is 3. The van der Waals surface area contributed by atoms with Gasteiger partial charge in [0.15, 0.2) is 0 Å². The molecule has 0 fully saturated rings. The van der Waals surface area contributed by atoms with Gasteiger partial charge in [0.2, 0.25) is 0 Å². The maximum Gasteiger partial charge on any atom is 0.109 e. The minimum Gasteiger partial charge on any atom is -0.338 e. The second kappa shape index (κ2) is 5.38. The SMILES string of the molecule is Cn1ccnc1CCc1cnc2c(Cl)ccc(Cl)c2n1. The van der Waals surface area contributed by atoms with Crippen LogP contribution in [0.4, 0.5) is 0 Å². The van der Waals surface area contributed by atoms with E-state index in [-0.39, 0.29) is 0 Å². The normalized spacial score (nSPS) is 11.2. The fourth-order valence-electron chi connectivity index (χ4n) is 2.07. The molecule has 0 aliphatic rings. The van der Waals surface area contributed by atoms with Gasteiger partial charge in [0.05, 0.1) is 15.7 Å². The van der Waals surface area contributed by atoms with Gasteiger partial charge in [-0.1, -0.05) is 23.2 Å². The first-order valence-electron chi connectivity index (χ1n) is 6.21. The standard InChI is InChI=1S/C14H12Cl2N4/c1-20-7-6-17-12(20)5-2-9-8-18-13-10(15)3-4-11(16)14(13)19-9/h3-4,6-8H,2,5H2,1H3. The maximum absolute atomic E-state index is 6.15. The summed E-state index contributed by atoms with van der Waals surface area (Å²) in [5.74, 6) is 1.02. The van der Waals surface area contributed by atoms with E-state index in [1.165, 1.54) is 0 Å². The molecule has 2 aromatic heterocycles. The number of hydrogen-bond donors (Lipinski definition) is 0. The predicted molar refractivity (Wildman–Crippen MR) is 80.2 cm³/mol. The third kappa shape index (κ3) is 2.49. The van der Waals surface area contributed by atoms with Crippen LogP contribution in [-0.2, 0) is 19.9 Å². The lowest BCUT2D eigenvalue weighted by Gasteiger charge is -2.05. The van der Waals surface area contributed by atoms with Crippen LogP contribution in [-0.4, -0.2) is 19.5 Å². The van der Waals surface area contributed by atoms with Crippen molar-refractivity contribution < 1.29 is 0 Å². The van der Waals surface area contributed by atoms with E-state index in [0.29, 0.717) is 21.1 Å². The number of halogens is 2. The van der Waals surface area contributed by atoms with Crippen LogP contribution >= 0.6 is 23.2 Å². The number of fused-ring (bicyclic) bond motifs is 1. The molecule has 0 bridgehead atoms. The molecule has 0 amide bonds. The lowest BCUT2D eigenvalue weighted by molar-refractivity contribution is 0.762. The molecule has 0 unspecified atom stereocenters. The average molecular weight is 307 g/mol. The van der Waals surface area contributed by atoms with Gasteiger partial charge in [0.25, 0.3) is 0 Å². The quantitative estimate of drug-likeness (QED) is 0.744. The second-order valence-corrected chi connectivity index (χ2v) is 5.36. The highest BCUT2D eigenvalue weighted by molar-refractivity contribution is 6.39. The van der Waals surface area contributed by atoms with Crippen molar-refractivity contribution in [2.75, 3.05) is 0 Å².